The van der Waals surface area contributed by atoms with Crippen molar-refractivity contribution in [3.8, 4) is 0 Å². The van der Waals surface area contributed by atoms with Crippen LogP contribution in [-0.4, -0.2) is 32.6 Å². The molecule has 5 nitrogen and oxygen atoms in total. The average Bonchev–Trinajstić information content (AvgIpc) is 2.58. The zero-order chi connectivity index (χ0) is 11.7. The summed E-state index contributed by atoms with van der Waals surface area (Å²) < 4.78 is 0. The molecule has 1 fully saturated rings. The van der Waals surface area contributed by atoms with Crippen LogP contribution in [0.3, 0.4) is 0 Å². The van der Waals surface area contributed by atoms with Crippen LogP contribution in [0.1, 0.15) is 0 Å². The molecule has 0 atom stereocenters. The lowest BCUT2D eigenvalue weighted by molar-refractivity contribution is -0.117. The minimum absolute atomic E-state index is 0.0930. The molecule has 1 saturated heterocycles. The molecule has 1 aliphatic rings. The van der Waals surface area contributed by atoms with Crippen molar-refractivity contribution < 1.29 is 9.59 Å². The highest BCUT2D eigenvalue weighted by atomic mass is 16.2. The van der Waals surface area contributed by atoms with Crippen LogP contribution < -0.4 is 15.1 Å². The summed E-state index contributed by atoms with van der Waals surface area (Å²) in [5, 5.41) is 2.25. The van der Waals surface area contributed by atoms with E-state index in [1.165, 1.54) is 4.90 Å². The lowest BCUT2D eigenvalue weighted by Gasteiger charge is -2.17. The van der Waals surface area contributed by atoms with Crippen molar-refractivity contribution in [3.63, 3.8) is 0 Å². The van der Waals surface area contributed by atoms with Gasteiger partial charge < -0.3 is 4.90 Å². The molecule has 3 amide bonds. The number of rotatable bonds is 2. The molecule has 0 spiro atoms. The summed E-state index contributed by atoms with van der Waals surface area (Å²) in [6, 6.07) is 7.13. The van der Waals surface area contributed by atoms with E-state index in [4.69, 9.17) is 0 Å². The molecule has 0 aliphatic carbocycles. The van der Waals surface area contributed by atoms with E-state index in [9.17, 15) is 9.59 Å². The lowest BCUT2D eigenvalue weighted by Crippen LogP contribution is -2.28. The van der Waals surface area contributed by atoms with Crippen LogP contribution in [0, 0.1) is 0 Å². The van der Waals surface area contributed by atoms with E-state index >= 15 is 0 Å². The monoisotopic (exact) mass is 219 g/mol. The number of carbonyl (C=O) groups excluding carboxylic acids is 2. The fraction of sp³-hybridized carbons (Fsp3) is 0.273. The summed E-state index contributed by atoms with van der Waals surface area (Å²) in [6.45, 7) is 0.0930. The molecule has 0 bridgehead atoms. The van der Waals surface area contributed by atoms with Crippen LogP contribution in [-0.2, 0) is 4.79 Å². The standard InChI is InChI=1S/C11H13N3O2/c1-13(2)8-4-3-5-9(6-8)14-7-10(15)12-11(14)16/h3-6H,7H2,1-2H3,(H,12,15,16). The number of urea groups is 1. The van der Waals surface area contributed by atoms with Gasteiger partial charge in [-0.3, -0.25) is 15.0 Å². The number of carbonyl (C=O) groups is 2. The molecule has 1 aliphatic heterocycles. The molecule has 84 valence electrons. The zero-order valence-corrected chi connectivity index (χ0v) is 9.23. The van der Waals surface area contributed by atoms with E-state index in [1.807, 2.05) is 43.3 Å². The highest BCUT2D eigenvalue weighted by molar-refractivity contribution is 6.12. The number of nitrogens with zero attached hydrogens (tertiary/aromatic N) is 2. The Hall–Kier alpha value is -2.04. The van der Waals surface area contributed by atoms with E-state index in [0.29, 0.717) is 0 Å². The van der Waals surface area contributed by atoms with Crippen LogP contribution in [0.15, 0.2) is 24.3 Å². The zero-order valence-electron chi connectivity index (χ0n) is 9.23. The van der Waals surface area contributed by atoms with Gasteiger partial charge in [0, 0.05) is 25.5 Å². The molecule has 1 heterocycles. The predicted octanol–water partition coefficient (Wildman–Crippen LogP) is 0.809. The molecule has 0 saturated carbocycles. The summed E-state index contributed by atoms with van der Waals surface area (Å²) in [5.41, 5.74) is 1.72. The summed E-state index contributed by atoms with van der Waals surface area (Å²) in [7, 11) is 3.85. The Bertz CT molecular complexity index is 443. The number of anilines is 2. The number of imide groups is 1. The van der Waals surface area contributed by atoms with Crippen molar-refractivity contribution >= 4 is 23.3 Å². The fourth-order valence-electron chi connectivity index (χ4n) is 1.59. The first-order chi connectivity index (χ1) is 7.58. The third kappa shape index (κ3) is 1.84. The highest BCUT2D eigenvalue weighted by Gasteiger charge is 2.27. The molecular weight excluding hydrogens is 206 g/mol. The summed E-state index contributed by atoms with van der Waals surface area (Å²) in [4.78, 5) is 25.9. The maximum Gasteiger partial charge on any atom is 0.329 e. The van der Waals surface area contributed by atoms with Gasteiger partial charge in [-0.05, 0) is 18.2 Å². The van der Waals surface area contributed by atoms with Gasteiger partial charge in [0.15, 0.2) is 0 Å². The Balaban J connectivity index is 2.30. The third-order valence-electron chi connectivity index (χ3n) is 2.45. The second kappa shape index (κ2) is 3.84. The van der Waals surface area contributed by atoms with E-state index in [2.05, 4.69) is 5.32 Å². The van der Waals surface area contributed by atoms with Crippen molar-refractivity contribution in [2.24, 2.45) is 0 Å². The topological polar surface area (TPSA) is 52.6 Å². The minimum atomic E-state index is -0.360. The van der Waals surface area contributed by atoms with Crippen LogP contribution in [0.2, 0.25) is 0 Å². The largest absolute Gasteiger partial charge is 0.378 e. The van der Waals surface area contributed by atoms with E-state index in [0.717, 1.165) is 11.4 Å². The molecule has 1 aromatic rings. The molecule has 1 N–H and O–H groups in total. The van der Waals surface area contributed by atoms with E-state index in [-0.39, 0.29) is 18.5 Å². The molecule has 16 heavy (non-hydrogen) atoms. The fourth-order valence-corrected chi connectivity index (χ4v) is 1.59. The van der Waals surface area contributed by atoms with E-state index < -0.39 is 0 Å². The molecule has 0 radical (unpaired) electrons. The number of hydrogen-bond donors (Lipinski definition) is 1. The summed E-state index contributed by atoms with van der Waals surface area (Å²) in [5.74, 6) is -0.264. The molecule has 2 rings (SSSR count). The van der Waals surface area contributed by atoms with Gasteiger partial charge in [0.1, 0.15) is 6.54 Å². The maximum atomic E-state index is 11.4. The van der Waals surface area contributed by atoms with E-state index in [1.54, 1.807) is 0 Å². The third-order valence-corrected chi connectivity index (χ3v) is 2.45. The number of nitrogens with one attached hydrogen (secondary N) is 1. The quantitative estimate of drug-likeness (QED) is 0.749. The second-order valence-corrected chi connectivity index (χ2v) is 3.85. The first-order valence-electron chi connectivity index (χ1n) is 4.96. The van der Waals surface area contributed by atoms with Gasteiger partial charge in [-0.25, -0.2) is 4.79 Å². The van der Waals surface area contributed by atoms with Gasteiger partial charge >= 0.3 is 6.03 Å². The summed E-state index contributed by atoms with van der Waals surface area (Å²) >= 11 is 0. The van der Waals surface area contributed by atoms with Crippen molar-refractivity contribution in [1.29, 1.82) is 0 Å². The Morgan fingerprint density at radius 3 is 2.62 bits per heavy atom. The smallest absolute Gasteiger partial charge is 0.329 e. The van der Waals surface area contributed by atoms with Crippen LogP contribution in [0.5, 0.6) is 0 Å². The average molecular weight is 219 g/mol. The van der Waals surface area contributed by atoms with Crippen molar-refractivity contribution in [2.45, 2.75) is 0 Å². The summed E-state index contributed by atoms with van der Waals surface area (Å²) in [6.07, 6.45) is 0. The molecule has 0 aromatic heterocycles. The highest BCUT2D eigenvalue weighted by Crippen LogP contribution is 2.22. The van der Waals surface area contributed by atoms with Gasteiger partial charge in [0.25, 0.3) is 0 Å². The normalized spacial score (nSPS) is 15.2. The number of benzene rings is 1. The Morgan fingerprint density at radius 2 is 2.06 bits per heavy atom. The Kier molecular flexibility index (Phi) is 2.52. The first kappa shape index (κ1) is 10.5. The molecule has 1 aromatic carbocycles. The van der Waals surface area contributed by atoms with Crippen LogP contribution in [0.4, 0.5) is 16.2 Å². The minimum Gasteiger partial charge on any atom is -0.378 e. The molecular formula is C11H13N3O2. The Labute approximate surface area is 93.6 Å². The van der Waals surface area contributed by atoms with Gasteiger partial charge in [-0.2, -0.15) is 0 Å². The predicted molar refractivity (Wildman–Crippen MR) is 61.7 cm³/mol. The maximum absolute atomic E-state index is 11.4. The van der Waals surface area contributed by atoms with Crippen LogP contribution in [0.25, 0.3) is 0 Å². The van der Waals surface area contributed by atoms with Gasteiger partial charge in [-0.1, -0.05) is 6.07 Å². The lowest BCUT2D eigenvalue weighted by atomic mass is 10.2. The molecule has 0 unspecified atom stereocenters. The second-order valence-electron chi connectivity index (χ2n) is 3.85. The van der Waals surface area contributed by atoms with Crippen molar-refractivity contribution in [1.82, 2.24) is 5.32 Å². The van der Waals surface area contributed by atoms with Gasteiger partial charge in [-0.15, -0.1) is 0 Å². The van der Waals surface area contributed by atoms with Gasteiger partial charge in [0.2, 0.25) is 5.91 Å². The van der Waals surface area contributed by atoms with Gasteiger partial charge in [0.05, 0.1) is 0 Å². The Morgan fingerprint density at radius 1 is 1.31 bits per heavy atom. The number of amides is 3. The SMILES string of the molecule is CN(C)c1cccc(N2CC(=O)NC2=O)c1. The van der Waals surface area contributed by atoms with Crippen molar-refractivity contribution in [2.75, 3.05) is 30.4 Å². The van der Waals surface area contributed by atoms with Crippen molar-refractivity contribution in [3.05, 3.63) is 24.3 Å². The first-order valence-corrected chi connectivity index (χ1v) is 4.96. The molecule has 5 heteroatoms. The number of hydrogen-bond acceptors (Lipinski definition) is 3. The van der Waals surface area contributed by atoms with Crippen LogP contribution >= 0.6 is 0 Å².